The van der Waals surface area contributed by atoms with Gasteiger partial charge in [-0.3, -0.25) is 4.79 Å². The van der Waals surface area contributed by atoms with Gasteiger partial charge in [0.05, 0.1) is 12.8 Å². The van der Waals surface area contributed by atoms with Gasteiger partial charge in [-0.1, -0.05) is 13.0 Å². The van der Waals surface area contributed by atoms with Gasteiger partial charge in [-0.15, -0.1) is 11.3 Å². The molecule has 2 heterocycles. The highest BCUT2D eigenvalue weighted by molar-refractivity contribution is 7.11. The van der Waals surface area contributed by atoms with Crippen molar-refractivity contribution in [3.63, 3.8) is 0 Å². The van der Waals surface area contributed by atoms with Gasteiger partial charge in [0, 0.05) is 0 Å². The summed E-state index contributed by atoms with van der Waals surface area (Å²) in [7, 11) is 0. The summed E-state index contributed by atoms with van der Waals surface area (Å²) in [6, 6.07) is 6.94. The average Bonchev–Trinajstić information content (AvgIpc) is 3.13. The van der Waals surface area contributed by atoms with Gasteiger partial charge < -0.3 is 14.5 Å². The maximum Gasteiger partial charge on any atom is 0.349 e. The third-order valence-corrected chi connectivity index (χ3v) is 3.50. The molecule has 0 spiro atoms. The van der Waals surface area contributed by atoms with Crippen molar-refractivity contribution < 1.29 is 18.7 Å². The molecule has 0 fully saturated rings. The highest BCUT2D eigenvalue weighted by atomic mass is 32.1. The third kappa shape index (κ3) is 3.71. The van der Waals surface area contributed by atoms with E-state index < -0.39 is 12.1 Å². The molecule has 0 bridgehead atoms. The van der Waals surface area contributed by atoms with E-state index in [9.17, 15) is 9.59 Å². The molecule has 0 aliphatic carbocycles. The molecule has 106 valence electrons. The second kappa shape index (κ2) is 6.91. The summed E-state index contributed by atoms with van der Waals surface area (Å²) < 4.78 is 10.3. The fourth-order valence-electron chi connectivity index (χ4n) is 1.61. The molecular weight excluding hydrogens is 278 g/mol. The van der Waals surface area contributed by atoms with Gasteiger partial charge in [0.2, 0.25) is 0 Å². The van der Waals surface area contributed by atoms with E-state index >= 15 is 0 Å². The van der Waals surface area contributed by atoms with Crippen molar-refractivity contribution >= 4 is 23.2 Å². The van der Waals surface area contributed by atoms with E-state index in [1.54, 1.807) is 36.6 Å². The van der Waals surface area contributed by atoms with Crippen molar-refractivity contribution in [2.45, 2.75) is 26.0 Å². The van der Waals surface area contributed by atoms with Gasteiger partial charge in [-0.05, 0) is 30.0 Å². The lowest BCUT2D eigenvalue weighted by molar-refractivity contribution is -0.130. The highest BCUT2D eigenvalue weighted by Gasteiger charge is 2.22. The van der Waals surface area contributed by atoms with Crippen LogP contribution in [0.1, 0.15) is 28.8 Å². The molecule has 0 aliphatic heterocycles. The lowest BCUT2D eigenvalue weighted by Crippen LogP contribution is -2.36. The Balaban J connectivity index is 1.87. The van der Waals surface area contributed by atoms with E-state index in [0.717, 1.165) is 0 Å². The van der Waals surface area contributed by atoms with Gasteiger partial charge in [-0.25, -0.2) is 4.79 Å². The first kappa shape index (κ1) is 14.3. The summed E-state index contributed by atoms with van der Waals surface area (Å²) >= 11 is 1.29. The minimum Gasteiger partial charge on any atom is -0.467 e. The SMILES string of the molecule is CC[C@H](OC(=O)c1cccs1)C(=O)NCc1ccco1. The molecule has 2 aromatic heterocycles. The lowest BCUT2D eigenvalue weighted by Gasteiger charge is -2.15. The number of carbonyl (C=O) groups is 2. The fraction of sp³-hybridized carbons (Fsp3) is 0.286. The van der Waals surface area contributed by atoms with Crippen LogP contribution in [0, 0.1) is 0 Å². The Morgan fingerprint density at radius 1 is 1.40 bits per heavy atom. The Morgan fingerprint density at radius 3 is 2.85 bits per heavy atom. The monoisotopic (exact) mass is 293 g/mol. The molecule has 2 aromatic rings. The minimum atomic E-state index is -0.792. The van der Waals surface area contributed by atoms with Crippen LogP contribution in [0.25, 0.3) is 0 Å². The molecule has 0 saturated heterocycles. The zero-order valence-electron chi connectivity index (χ0n) is 11.0. The van der Waals surface area contributed by atoms with E-state index in [1.807, 2.05) is 0 Å². The first-order valence-corrected chi connectivity index (χ1v) is 7.13. The normalized spacial score (nSPS) is 11.8. The number of thiophene rings is 1. The molecule has 20 heavy (non-hydrogen) atoms. The van der Waals surface area contributed by atoms with Gasteiger partial charge in [-0.2, -0.15) is 0 Å². The summed E-state index contributed by atoms with van der Waals surface area (Å²) in [6.07, 6.45) is 1.16. The molecule has 1 atom stereocenters. The zero-order valence-corrected chi connectivity index (χ0v) is 11.8. The summed E-state index contributed by atoms with van der Waals surface area (Å²) in [6.45, 7) is 2.07. The van der Waals surface area contributed by atoms with Crippen LogP contribution in [0.2, 0.25) is 0 Å². The van der Waals surface area contributed by atoms with E-state index in [0.29, 0.717) is 17.1 Å². The number of rotatable bonds is 6. The molecule has 1 N–H and O–H groups in total. The van der Waals surface area contributed by atoms with Crippen LogP contribution >= 0.6 is 11.3 Å². The van der Waals surface area contributed by atoms with Crippen LogP contribution in [-0.2, 0) is 16.1 Å². The first-order chi connectivity index (χ1) is 9.70. The Morgan fingerprint density at radius 2 is 2.25 bits per heavy atom. The van der Waals surface area contributed by atoms with E-state index in [-0.39, 0.29) is 12.5 Å². The number of furan rings is 1. The topological polar surface area (TPSA) is 68.5 Å². The zero-order chi connectivity index (χ0) is 14.4. The number of carbonyl (C=O) groups excluding carboxylic acids is 2. The molecule has 6 heteroatoms. The van der Waals surface area contributed by atoms with Crippen LogP contribution in [0.3, 0.4) is 0 Å². The van der Waals surface area contributed by atoms with Gasteiger partial charge in [0.15, 0.2) is 6.10 Å². The van der Waals surface area contributed by atoms with E-state index in [1.165, 1.54) is 17.6 Å². The second-order valence-electron chi connectivity index (χ2n) is 4.08. The van der Waals surface area contributed by atoms with Crippen LogP contribution in [0.5, 0.6) is 0 Å². The molecule has 0 saturated carbocycles. The maximum absolute atomic E-state index is 11.9. The minimum absolute atomic E-state index is 0.277. The molecule has 0 aliphatic rings. The fourth-order valence-corrected chi connectivity index (χ4v) is 2.21. The van der Waals surface area contributed by atoms with Gasteiger partial charge >= 0.3 is 5.97 Å². The van der Waals surface area contributed by atoms with Crippen molar-refractivity contribution in [2.24, 2.45) is 0 Å². The number of amides is 1. The van der Waals surface area contributed by atoms with Crippen molar-refractivity contribution in [2.75, 3.05) is 0 Å². The van der Waals surface area contributed by atoms with E-state index in [2.05, 4.69) is 5.32 Å². The molecular formula is C14H15NO4S. The predicted octanol–water partition coefficient (Wildman–Crippen LogP) is 2.59. The quantitative estimate of drug-likeness (QED) is 0.831. The number of ether oxygens (including phenoxy) is 1. The lowest BCUT2D eigenvalue weighted by atomic mass is 10.2. The van der Waals surface area contributed by atoms with Gasteiger partial charge in [0.1, 0.15) is 10.6 Å². The van der Waals surface area contributed by atoms with Crippen LogP contribution in [-0.4, -0.2) is 18.0 Å². The summed E-state index contributed by atoms with van der Waals surface area (Å²) in [5.74, 6) is -0.147. The molecule has 5 nitrogen and oxygen atoms in total. The van der Waals surface area contributed by atoms with Gasteiger partial charge in [0.25, 0.3) is 5.91 Å². The number of esters is 1. The van der Waals surface area contributed by atoms with Crippen LogP contribution < -0.4 is 5.32 Å². The molecule has 0 aromatic carbocycles. The van der Waals surface area contributed by atoms with Crippen LogP contribution in [0.4, 0.5) is 0 Å². The van der Waals surface area contributed by atoms with Crippen molar-refractivity contribution in [1.29, 1.82) is 0 Å². The number of nitrogens with one attached hydrogen (secondary N) is 1. The van der Waals surface area contributed by atoms with E-state index in [4.69, 9.17) is 9.15 Å². The summed E-state index contributed by atoms with van der Waals surface area (Å²) in [5, 5.41) is 4.47. The molecule has 0 unspecified atom stereocenters. The first-order valence-electron chi connectivity index (χ1n) is 6.25. The maximum atomic E-state index is 11.9. The summed E-state index contributed by atoms with van der Waals surface area (Å²) in [4.78, 5) is 24.2. The Kier molecular flexibility index (Phi) is 4.95. The molecule has 2 rings (SSSR count). The number of hydrogen-bond donors (Lipinski definition) is 1. The highest BCUT2D eigenvalue weighted by Crippen LogP contribution is 2.12. The van der Waals surface area contributed by atoms with Crippen molar-refractivity contribution in [3.8, 4) is 0 Å². The number of hydrogen-bond acceptors (Lipinski definition) is 5. The largest absolute Gasteiger partial charge is 0.467 e. The Hall–Kier alpha value is -2.08. The van der Waals surface area contributed by atoms with Crippen molar-refractivity contribution in [1.82, 2.24) is 5.32 Å². The standard InChI is InChI=1S/C14H15NO4S/c1-2-11(19-14(17)12-6-4-8-20-12)13(16)15-9-10-5-3-7-18-10/h3-8,11H,2,9H2,1H3,(H,15,16)/t11-/m0/s1. The second-order valence-corrected chi connectivity index (χ2v) is 5.02. The van der Waals surface area contributed by atoms with Crippen molar-refractivity contribution in [3.05, 3.63) is 46.5 Å². The third-order valence-electron chi connectivity index (χ3n) is 2.65. The summed E-state index contributed by atoms with van der Waals surface area (Å²) in [5.41, 5.74) is 0. The molecule has 1 amide bonds. The average molecular weight is 293 g/mol. The Labute approximate surface area is 120 Å². The molecule has 0 radical (unpaired) electrons. The smallest absolute Gasteiger partial charge is 0.349 e. The predicted molar refractivity (Wildman–Crippen MR) is 74.4 cm³/mol. The Bertz CT molecular complexity index is 548. The van der Waals surface area contributed by atoms with Crippen LogP contribution in [0.15, 0.2) is 40.3 Å².